The predicted molar refractivity (Wildman–Crippen MR) is 82.7 cm³/mol. The zero-order chi connectivity index (χ0) is 15.0. The first-order valence-corrected chi connectivity index (χ1v) is 7.62. The lowest BCUT2D eigenvalue weighted by atomic mass is 10.0. The van der Waals surface area contributed by atoms with Crippen molar-refractivity contribution in [3.63, 3.8) is 0 Å². The number of aromatic amines is 1. The third-order valence-electron chi connectivity index (χ3n) is 4.31. The maximum Gasteiger partial charge on any atom is 0.125 e. The molecule has 1 N–H and O–H groups in total. The van der Waals surface area contributed by atoms with Crippen molar-refractivity contribution < 1.29 is 4.39 Å². The first kappa shape index (κ1) is 14.5. The molecule has 0 amide bonds. The summed E-state index contributed by atoms with van der Waals surface area (Å²) >= 11 is 0. The second-order valence-electron chi connectivity index (χ2n) is 6.31. The molecule has 1 aromatic heterocycles. The molecule has 1 unspecified atom stereocenters. The molecule has 0 aliphatic carbocycles. The van der Waals surface area contributed by atoms with E-state index in [1.54, 1.807) is 6.07 Å². The van der Waals surface area contributed by atoms with Crippen molar-refractivity contribution in [2.45, 2.75) is 19.9 Å². The number of nitrogens with zero attached hydrogens (tertiary/aromatic N) is 3. The smallest absolute Gasteiger partial charge is 0.125 e. The molecule has 21 heavy (non-hydrogen) atoms. The number of fused-ring (bicyclic) bond motifs is 1. The number of nitrogens with one attached hydrogen (secondary N) is 1. The van der Waals surface area contributed by atoms with E-state index in [-0.39, 0.29) is 11.9 Å². The quantitative estimate of drug-likeness (QED) is 0.944. The molecule has 1 aromatic carbocycles. The number of halogens is 1. The van der Waals surface area contributed by atoms with Gasteiger partial charge in [0.25, 0.3) is 0 Å². The highest BCUT2D eigenvalue weighted by molar-refractivity contribution is 5.75. The van der Waals surface area contributed by atoms with E-state index >= 15 is 0 Å². The second kappa shape index (κ2) is 5.73. The topological polar surface area (TPSA) is 35.2 Å². The largest absolute Gasteiger partial charge is 0.341 e. The van der Waals surface area contributed by atoms with E-state index in [0.717, 1.165) is 43.0 Å². The van der Waals surface area contributed by atoms with Crippen LogP contribution in [-0.4, -0.2) is 53.0 Å². The lowest BCUT2D eigenvalue weighted by molar-refractivity contribution is 0.0843. The van der Waals surface area contributed by atoms with Crippen LogP contribution in [0.3, 0.4) is 0 Å². The number of imidazole rings is 1. The summed E-state index contributed by atoms with van der Waals surface area (Å²) in [6.07, 6.45) is 0. The molecule has 1 fully saturated rings. The Morgan fingerprint density at radius 3 is 2.57 bits per heavy atom. The van der Waals surface area contributed by atoms with Crippen molar-refractivity contribution in [3.05, 3.63) is 29.8 Å². The average molecular weight is 290 g/mol. The number of aromatic nitrogens is 2. The molecule has 1 atom stereocenters. The first-order chi connectivity index (χ1) is 10.0. The van der Waals surface area contributed by atoms with Crippen LogP contribution in [0, 0.1) is 11.7 Å². The maximum atomic E-state index is 13.3. The number of H-pyrrole nitrogens is 1. The van der Waals surface area contributed by atoms with E-state index in [0.29, 0.717) is 5.92 Å². The predicted octanol–water partition coefficient (Wildman–Crippen LogP) is 2.65. The molecule has 0 bridgehead atoms. The Morgan fingerprint density at radius 1 is 1.19 bits per heavy atom. The summed E-state index contributed by atoms with van der Waals surface area (Å²) in [6.45, 7) is 8.69. The highest BCUT2D eigenvalue weighted by atomic mass is 19.1. The third kappa shape index (κ3) is 2.94. The molecular formula is C16H23FN4. The molecule has 1 saturated heterocycles. The van der Waals surface area contributed by atoms with Crippen LogP contribution < -0.4 is 0 Å². The lowest BCUT2D eigenvalue weighted by Crippen LogP contribution is -2.47. The summed E-state index contributed by atoms with van der Waals surface area (Å²) in [6, 6.07) is 4.99. The van der Waals surface area contributed by atoms with Crippen molar-refractivity contribution in [2.24, 2.45) is 5.92 Å². The van der Waals surface area contributed by atoms with Crippen LogP contribution in [0.1, 0.15) is 25.7 Å². The molecule has 4 nitrogen and oxygen atoms in total. The zero-order valence-corrected chi connectivity index (χ0v) is 12.9. The molecule has 1 aliphatic heterocycles. The van der Waals surface area contributed by atoms with Crippen molar-refractivity contribution in [1.82, 2.24) is 19.8 Å². The van der Waals surface area contributed by atoms with Gasteiger partial charge in [-0.1, -0.05) is 13.8 Å². The normalized spacial score (nSPS) is 19.5. The number of likely N-dealkylation sites (N-methyl/N-ethyl adjacent to an activating group) is 1. The number of piperazine rings is 1. The summed E-state index contributed by atoms with van der Waals surface area (Å²) < 4.78 is 13.3. The van der Waals surface area contributed by atoms with Gasteiger partial charge in [0.1, 0.15) is 11.6 Å². The average Bonchev–Trinajstić information content (AvgIpc) is 2.83. The van der Waals surface area contributed by atoms with Gasteiger partial charge in [0.15, 0.2) is 0 Å². The van der Waals surface area contributed by atoms with Crippen LogP contribution in [0.25, 0.3) is 11.0 Å². The highest BCUT2D eigenvalue weighted by Gasteiger charge is 2.28. The molecule has 0 spiro atoms. The zero-order valence-electron chi connectivity index (χ0n) is 12.9. The van der Waals surface area contributed by atoms with E-state index in [1.165, 1.54) is 12.1 Å². The number of benzene rings is 1. The highest BCUT2D eigenvalue weighted by Crippen LogP contribution is 2.29. The maximum absolute atomic E-state index is 13.3. The van der Waals surface area contributed by atoms with Crippen LogP contribution in [-0.2, 0) is 0 Å². The van der Waals surface area contributed by atoms with E-state index < -0.39 is 0 Å². The fraction of sp³-hybridized carbons (Fsp3) is 0.562. The van der Waals surface area contributed by atoms with Crippen LogP contribution in [0.5, 0.6) is 0 Å². The summed E-state index contributed by atoms with van der Waals surface area (Å²) in [7, 11) is 2.16. The SMILES string of the molecule is CC(C)C(c1nc2ccc(F)cc2[nH]1)N1CCN(C)CC1. The Bertz CT molecular complexity index is 614. The third-order valence-corrected chi connectivity index (χ3v) is 4.31. The van der Waals surface area contributed by atoms with Gasteiger partial charge in [0.2, 0.25) is 0 Å². The Labute approximate surface area is 125 Å². The Kier molecular flexibility index (Phi) is 3.95. The fourth-order valence-corrected chi connectivity index (χ4v) is 3.15. The molecule has 2 heterocycles. The molecule has 0 saturated carbocycles. The van der Waals surface area contributed by atoms with Crippen LogP contribution in [0.4, 0.5) is 4.39 Å². The van der Waals surface area contributed by atoms with Crippen molar-refractivity contribution in [2.75, 3.05) is 33.2 Å². The van der Waals surface area contributed by atoms with E-state index in [2.05, 4.69) is 35.7 Å². The van der Waals surface area contributed by atoms with Crippen LogP contribution in [0.2, 0.25) is 0 Å². The van der Waals surface area contributed by atoms with Gasteiger partial charge >= 0.3 is 0 Å². The Morgan fingerprint density at radius 2 is 1.90 bits per heavy atom. The van der Waals surface area contributed by atoms with E-state index in [1.807, 2.05) is 0 Å². The standard InChI is InChI=1S/C16H23FN4/c1-11(2)15(21-8-6-20(3)7-9-21)16-18-13-5-4-12(17)10-14(13)19-16/h4-5,10-11,15H,6-9H2,1-3H3,(H,18,19). The van der Waals surface area contributed by atoms with Gasteiger partial charge in [-0.05, 0) is 31.2 Å². The Hall–Kier alpha value is -1.46. The van der Waals surface area contributed by atoms with E-state index in [9.17, 15) is 4.39 Å². The molecule has 3 rings (SSSR count). The second-order valence-corrected chi connectivity index (χ2v) is 6.31. The molecule has 0 radical (unpaired) electrons. The van der Waals surface area contributed by atoms with Crippen LogP contribution in [0.15, 0.2) is 18.2 Å². The fourth-order valence-electron chi connectivity index (χ4n) is 3.15. The minimum absolute atomic E-state index is 0.224. The summed E-state index contributed by atoms with van der Waals surface area (Å²) in [5.74, 6) is 1.19. The Balaban J connectivity index is 1.91. The van der Waals surface area contributed by atoms with E-state index in [4.69, 9.17) is 4.98 Å². The summed E-state index contributed by atoms with van der Waals surface area (Å²) in [5, 5.41) is 0. The van der Waals surface area contributed by atoms with Gasteiger partial charge in [0, 0.05) is 26.2 Å². The monoisotopic (exact) mass is 290 g/mol. The van der Waals surface area contributed by atoms with Crippen molar-refractivity contribution in [1.29, 1.82) is 0 Å². The summed E-state index contributed by atoms with van der Waals surface area (Å²) in [4.78, 5) is 12.8. The van der Waals surface area contributed by atoms with Gasteiger partial charge in [-0.25, -0.2) is 9.37 Å². The number of hydrogen-bond acceptors (Lipinski definition) is 3. The molecule has 1 aliphatic rings. The first-order valence-electron chi connectivity index (χ1n) is 7.62. The molecular weight excluding hydrogens is 267 g/mol. The van der Waals surface area contributed by atoms with Crippen LogP contribution >= 0.6 is 0 Å². The lowest BCUT2D eigenvalue weighted by Gasteiger charge is -2.38. The molecule has 114 valence electrons. The molecule has 5 heteroatoms. The summed E-state index contributed by atoms with van der Waals surface area (Å²) in [5.41, 5.74) is 1.62. The van der Waals surface area contributed by atoms with Gasteiger partial charge in [0.05, 0.1) is 17.1 Å². The minimum atomic E-state index is -0.224. The van der Waals surface area contributed by atoms with Gasteiger partial charge < -0.3 is 9.88 Å². The molecule has 2 aromatic rings. The van der Waals surface area contributed by atoms with Gasteiger partial charge in [-0.2, -0.15) is 0 Å². The number of rotatable bonds is 3. The van der Waals surface area contributed by atoms with Gasteiger partial charge in [-0.15, -0.1) is 0 Å². The number of hydrogen-bond donors (Lipinski definition) is 1. The van der Waals surface area contributed by atoms with Crippen molar-refractivity contribution >= 4 is 11.0 Å². The van der Waals surface area contributed by atoms with Gasteiger partial charge in [-0.3, -0.25) is 4.90 Å². The minimum Gasteiger partial charge on any atom is -0.341 e. The van der Waals surface area contributed by atoms with Crippen molar-refractivity contribution in [3.8, 4) is 0 Å².